The topological polar surface area (TPSA) is 12.0 Å². The normalized spacial score (nSPS) is 13.8. The van der Waals surface area contributed by atoms with E-state index in [-0.39, 0.29) is 0 Å². The van der Waals surface area contributed by atoms with E-state index in [0.29, 0.717) is 5.92 Å². The SMILES string of the molecule is C=C/C=C\C(CC)CNC. The molecule has 58 valence electrons. The fourth-order valence-corrected chi connectivity index (χ4v) is 0.846. The summed E-state index contributed by atoms with van der Waals surface area (Å²) in [6, 6.07) is 0. The molecule has 0 aliphatic rings. The van der Waals surface area contributed by atoms with Crippen molar-refractivity contribution in [3.05, 3.63) is 24.8 Å². The Morgan fingerprint density at radius 1 is 1.60 bits per heavy atom. The van der Waals surface area contributed by atoms with Gasteiger partial charge in [0.1, 0.15) is 0 Å². The van der Waals surface area contributed by atoms with E-state index >= 15 is 0 Å². The summed E-state index contributed by atoms with van der Waals surface area (Å²) in [5.74, 6) is 0.656. The molecule has 0 radical (unpaired) electrons. The first kappa shape index (κ1) is 9.44. The lowest BCUT2D eigenvalue weighted by Crippen LogP contribution is -2.16. The van der Waals surface area contributed by atoms with E-state index in [0.717, 1.165) is 6.54 Å². The van der Waals surface area contributed by atoms with Crippen LogP contribution in [0.3, 0.4) is 0 Å². The monoisotopic (exact) mass is 139 g/mol. The van der Waals surface area contributed by atoms with Crippen LogP contribution in [0.5, 0.6) is 0 Å². The zero-order valence-corrected chi connectivity index (χ0v) is 6.93. The van der Waals surface area contributed by atoms with Gasteiger partial charge in [-0.3, -0.25) is 0 Å². The second-order valence-corrected chi connectivity index (χ2v) is 2.35. The zero-order valence-electron chi connectivity index (χ0n) is 6.93. The van der Waals surface area contributed by atoms with Gasteiger partial charge >= 0.3 is 0 Å². The fourth-order valence-electron chi connectivity index (χ4n) is 0.846. The number of hydrogen-bond acceptors (Lipinski definition) is 1. The molecule has 0 bridgehead atoms. The van der Waals surface area contributed by atoms with Gasteiger partial charge in [-0.05, 0) is 19.4 Å². The second kappa shape index (κ2) is 6.56. The number of allylic oxidation sites excluding steroid dienone is 2. The van der Waals surface area contributed by atoms with Crippen molar-refractivity contribution in [3.8, 4) is 0 Å². The Labute approximate surface area is 63.8 Å². The van der Waals surface area contributed by atoms with Gasteiger partial charge in [0.25, 0.3) is 0 Å². The van der Waals surface area contributed by atoms with Crippen LogP contribution in [-0.4, -0.2) is 13.6 Å². The predicted octanol–water partition coefficient (Wildman–Crippen LogP) is 1.97. The first-order valence-electron chi connectivity index (χ1n) is 3.79. The second-order valence-electron chi connectivity index (χ2n) is 2.35. The number of nitrogens with one attached hydrogen (secondary N) is 1. The van der Waals surface area contributed by atoms with Crippen LogP contribution in [0.4, 0.5) is 0 Å². The molecule has 1 atom stereocenters. The molecule has 1 heteroatoms. The van der Waals surface area contributed by atoms with Crippen molar-refractivity contribution >= 4 is 0 Å². The zero-order chi connectivity index (χ0) is 7.82. The summed E-state index contributed by atoms with van der Waals surface area (Å²) in [4.78, 5) is 0. The highest BCUT2D eigenvalue weighted by Gasteiger charge is 1.96. The molecule has 0 amide bonds. The Kier molecular flexibility index (Phi) is 6.19. The summed E-state index contributed by atoms with van der Waals surface area (Å²) < 4.78 is 0. The van der Waals surface area contributed by atoms with Crippen molar-refractivity contribution < 1.29 is 0 Å². The van der Waals surface area contributed by atoms with Gasteiger partial charge in [0.15, 0.2) is 0 Å². The molecule has 0 fully saturated rings. The highest BCUT2D eigenvalue weighted by Crippen LogP contribution is 2.01. The van der Waals surface area contributed by atoms with E-state index in [1.807, 2.05) is 19.2 Å². The minimum atomic E-state index is 0.656. The van der Waals surface area contributed by atoms with Crippen LogP contribution in [0.2, 0.25) is 0 Å². The molecule has 1 unspecified atom stereocenters. The maximum atomic E-state index is 3.62. The van der Waals surface area contributed by atoms with E-state index in [1.165, 1.54) is 6.42 Å². The lowest BCUT2D eigenvalue weighted by atomic mass is 10.1. The molecule has 0 aromatic carbocycles. The molecule has 0 aromatic rings. The Morgan fingerprint density at radius 3 is 2.70 bits per heavy atom. The lowest BCUT2D eigenvalue weighted by Gasteiger charge is -2.07. The van der Waals surface area contributed by atoms with Crippen molar-refractivity contribution in [1.82, 2.24) is 5.32 Å². The fraction of sp³-hybridized carbons (Fsp3) is 0.556. The molecule has 0 saturated carbocycles. The Bertz CT molecular complexity index is 105. The van der Waals surface area contributed by atoms with Crippen LogP contribution in [0.25, 0.3) is 0 Å². The predicted molar refractivity (Wildman–Crippen MR) is 47.0 cm³/mol. The van der Waals surface area contributed by atoms with Crippen LogP contribution in [0, 0.1) is 5.92 Å². The highest BCUT2D eigenvalue weighted by atomic mass is 14.8. The van der Waals surface area contributed by atoms with Crippen molar-refractivity contribution in [2.24, 2.45) is 5.92 Å². The van der Waals surface area contributed by atoms with Gasteiger partial charge in [0.05, 0.1) is 0 Å². The molecule has 0 spiro atoms. The average Bonchev–Trinajstić information content (AvgIpc) is 1.98. The number of rotatable bonds is 5. The summed E-state index contributed by atoms with van der Waals surface area (Å²) in [6.07, 6.45) is 7.19. The maximum Gasteiger partial charge on any atom is 0.00112 e. The smallest absolute Gasteiger partial charge is 0.00112 e. The van der Waals surface area contributed by atoms with Gasteiger partial charge < -0.3 is 5.32 Å². The van der Waals surface area contributed by atoms with Crippen LogP contribution in [0.15, 0.2) is 24.8 Å². The minimum Gasteiger partial charge on any atom is -0.319 e. The third kappa shape index (κ3) is 4.33. The molecular formula is C9H17N. The largest absolute Gasteiger partial charge is 0.319 e. The molecule has 0 aliphatic carbocycles. The quantitative estimate of drug-likeness (QED) is 0.574. The van der Waals surface area contributed by atoms with Gasteiger partial charge in [0.2, 0.25) is 0 Å². The van der Waals surface area contributed by atoms with Gasteiger partial charge in [-0.2, -0.15) is 0 Å². The Hall–Kier alpha value is -0.560. The Balaban J connectivity index is 3.58. The van der Waals surface area contributed by atoms with Crippen molar-refractivity contribution in [2.75, 3.05) is 13.6 Å². The molecule has 0 aromatic heterocycles. The summed E-state index contributed by atoms with van der Waals surface area (Å²) in [5, 5.41) is 3.14. The Morgan fingerprint density at radius 2 is 2.30 bits per heavy atom. The van der Waals surface area contributed by atoms with Crippen molar-refractivity contribution in [3.63, 3.8) is 0 Å². The number of hydrogen-bond donors (Lipinski definition) is 1. The van der Waals surface area contributed by atoms with E-state index in [2.05, 4.69) is 24.9 Å². The van der Waals surface area contributed by atoms with E-state index in [9.17, 15) is 0 Å². The first-order chi connectivity index (χ1) is 4.85. The first-order valence-corrected chi connectivity index (χ1v) is 3.79. The van der Waals surface area contributed by atoms with Gasteiger partial charge in [-0.1, -0.05) is 31.7 Å². The van der Waals surface area contributed by atoms with Crippen LogP contribution in [0.1, 0.15) is 13.3 Å². The third-order valence-corrected chi connectivity index (χ3v) is 1.51. The van der Waals surface area contributed by atoms with Crippen LogP contribution >= 0.6 is 0 Å². The minimum absolute atomic E-state index is 0.656. The van der Waals surface area contributed by atoms with Gasteiger partial charge in [-0.25, -0.2) is 0 Å². The molecule has 0 heterocycles. The van der Waals surface area contributed by atoms with E-state index in [4.69, 9.17) is 0 Å². The molecule has 0 aliphatic heterocycles. The standard InChI is InChI=1S/C9H17N/c1-4-6-7-9(5-2)8-10-3/h4,6-7,9-10H,1,5,8H2,2-3H3/b7-6-. The van der Waals surface area contributed by atoms with E-state index in [1.54, 1.807) is 0 Å². The highest BCUT2D eigenvalue weighted by molar-refractivity contribution is 5.00. The van der Waals surface area contributed by atoms with Gasteiger partial charge in [-0.15, -0.1) is 0 Å². The van der Waals surface area contributed by atoms with Crippen LogP contribution in [-0.2, 0) is 0 Å². The molecule has 1 nitrogen and oxygen atoms in total. The summed E-state index contributed by atoms with van der Waals surface area (Å²) in [7, 11) is 1.98. The van der Waals surface area contributed by atoms with Crippen molar-refractivity contribution in [2.45, 2.75) is 13.3 Å². The van der Waals surface area contributed by atoms with Crippen LogP contribution < -0.4 is 5.32 Å². The van der Waals surface area contributed by atoms with Gasteiger partial charge in [0, 0.05) is 6.54 Å². The van der Waals surface area contributed by atoms with Crippen molar-refractivity contribution in [1.29, 1.82) is 0 Å². The average molecular weight is 139 g/mol. The molecular weight excluding hydrogens is 122 g/mol. The summed E-state index contributed by atoms with van der Waals surface area (Å²) >= 11 is 0. The summed E-state index contributed by atoms with van der Waals surface area (Å²) in [5.41, 5.74) is 0. The summed E-state index contributed by atoms with van der Waals surface area (Å²) in [6.45, 7) is 6.87. The molecule has 0 rings (SSSR count). The molecule has 0 saturated heterocycles. The lowest BCUT2D eigenvalue weighted by molar-refractivity contribution is 0.581. The maximum absolute atomic E-state index is 3.62. The molecule has 10 heavy (non-hydrogen) atoms. The third-order valence-electron chi connectivity index (χ3n) is 1.51. The molecule has 1 N–H and O–H groups in total. The van der Waals surface area contributed by atoms with E-state index < -0.39 is 0 Å².